The lowest BCUT2D eigenvalue weighted by molar-refractivity contribution is -0.137. The highest BCUT2D eigenvalue weighted by Crippen LogP contribution is 2.04. The van der Waals surface area contributed by atoms with Crippen molar-refractivity contribution in [1.29, 1.82) is 5.26 Å². The lowest BCUT2D eigenvalue weighted by atomic mass is 10.1. The number of hydrogen-bond acceptors (Lipinski definition) is 4. The third kappa shape index (κ3) is 3.93. The number of carboxylic acid groups (broad SMARTS) is 1. The van der Waals surface area contributed by atoms with Crippen molar-refractivity contribution >= 4 is 11.9 Å². The van der Waals surface area contributed by atoms with Gasteiger partial charge in [0.05, 0.1) is 24.2 Å². The molecule has 1 aromatic carbocycles. The van der Waals surface area contributed by atoms with Gasteiger partial charge in [0, 0.05) is 5.56 Å². The van der Waals surface area contributed by atoms with Gasteiger partial charge in [-0.1, -0.05) is 6.07 Å². The predicted molar refractivity (Wildman–Crippen MR) is 58.9 cm³/mol. The number of carbonyl (C=O) groups is 2. The van der Waals surface area contributed by atoms with Gasteiger partial charge in [0.25, 0.3) is 5.91 Å². The highest BCUT2D eigenvalue weighted by Gasteiger charge is 2.12. The van der Waals surface area contributed by atoms with Crippen LogP contribution in [0.2, 0.25) is 0 Å². The number of nitrogens with one attached hydrogen (secondary N) is 1. The van der Waals surface area contributed by atoms with Crippen molar-refractivity contribution in [2.24, 2.45) is 5.73 Å². The summed E-state index contributed by atoms with van der Waals surface area (Å²) in [4.78, 5) is 22.0. The third-order valence-electron chi connectivity index (χ3n) is 1.96. The van der Waals surface area contributed by atoms with Gasteiger partial charge in [0.2, 0.25) is 0 Å². The maximum absolute atomic E-state index is 11.6. The Morgan fingerprint density at radius 3 is 2.82 bits per heavy atom. The Kier molecular flexibility index (Phi) is 4.20. The molecule has 0 radical (unpaired) electrons. The Morgan fingerprint density at radius 2 is 2.24 bits per heavy atom. The number of carboxylic acids is 1. The largest absolute Gasteiger partial charge is 0.481 e. The van der Waals surface area contributed by atoms with E-state index >= 15 is 0 Å². The monoisotopic (exact) mass is 233 g/mol. The number of nitrogens with two attached hydrogens (primary N) is 1. The van der Waals surface area contributed by atoms with Gasteiger partial charge in [-0.15, -0.1) is 0 Å². The quantitative estimate of drug-likeness (QED) is 0.635. The standard InChI is InChI=1S/C11H11N3O3/c12-6-7-2-1-3-8(4-7)11(17)14-9(13)5-10(15)16/h1-4,9H,5,13H2,(H,14,17)(H,15,16). The van der Waals surface area contributed by atoms with E-state index in [0.717, 1.165) is 0 Å². The molecule has 6 heteroatoms. The molecule has 0 fully saturated rings. The summed E-state index contributed by atoms with van der Waals surface area (Å²) in [6, 6.07) is 7.95. The number of hydrogen-bond donors (Lipinski definition) is 3. The van der Waals surface area contributed by atoms with Gasteiger partial charge in [0.15, 0.2) is 0 Å². The topological polar surface area (TPSA) is 116 Å². The molecule has 6 nitrogen and oxygen atoms in total. The zero-order valence-electron chi connectivity index (χ0n) is 8.88. The van der Waals surface area contributed by atoms with Gasteiger partial charge in [-0.3, -0.25) is 9.59 Å². The Bertz CT molecular complexity index is 479. The van der Waals surface area contributed by atoms with Crippen LogP contribution in [0.3, 0.4) is 0 Å². The molecule has 1 rings (SSSR count). The molecule has 4 N–H and O–H groups in total. The third-order valence-corrected chi connectivity index (χ3v) is 1.96. The fraction of sp³-hybridized carbons (Fsp3) is 0.182. The first-order valence-electron chi connectivity index (χ1n) is 4.81. The van der Waals surface area contributed by atoms with E-state index in [2.05, 4.69) is 5.32 Å². The zero-order valence-corrected chi connectivity index (χ0v) is 8.88. The van der Waals surface area contributed by atoms with E-state index in [-0.39, 0.29) is 12.0 Å². The second-order valence-electron chi connectivity index (χ2n) is 3.37. The van der Waals surface area contributed by atoms with Gasteiger partial charge in [-0.2, -0.15) is 5.26 Å². The maximum Gasteiger partial charge on any atom is 0.306 e. The number of nitrogens with zero attached hydrogens (tertiary/aromatic N) is 1. The smallest absolute Gasteiger partial charge is 0.306 e. The van der Waals surface area contributed by atoms with Gasteiger partial charge in [-0.05, 0) is 18.2 Å². The molecular formula is C11H11N3O3. The van der Waals surface area contributed by atoms with E-state index in [9.17, 15) is 9.59 Å². The molecular weight excluding hydrogens is 222 g/mol. The Morgan fingerprint density at radius 1 is 1.53 bits per heavy atom. The molecule has 1 atom stereocenters. The summed E-state index contributed by atoms with van der Waals surface area (Å²) in [5, 5.41) is 19.5. The van der Waals surface area contributed by atoms with E-state index in [4.69, 9.17) is 16.1 Å². The first kappa shape index (κ1) is 12.7. The molecule has 0 spiro atoms. The fourth-order valence-corrected chi connectivity index (χ4v) is 1.22. The average Bonchev–Trinajstić information content (AvgIpc) is 2.27. The highest BCUT2D eigenvalue weighted by molar-refractivity contribution is 5.94. The number of aliphatic carboxylic acids is 1. The summed E-state index contributed by atoms with van der Waals surface area (Å²) in [6.45, 7) is 0. The molecule has 0 aliphatic rings. The van der Waals surface area contributed by atoms with E-state index in [1.807, 2.05) is 6.07 Å². The first-order chi connectivity index (χ1) is 8.02. The molecule has 0 aliphatic heterocycles. The molecule has 0 saturated heterocycles. The summed E-state index contributed by atoms with van der Waals surface area (Å²) in [6.07, 6.45) is -1.31. The molecule has 0 heterocycles. The average molecular weight is 233 g/mol. The minimum absolute atomic E-state index is 0.268. The van der Waals surface area contributed by atoms with Crippen molar-refractivity contribution in [2.75, 3.05) is 0 Å². The van der Waals surface area contributed by atoms with Crippen molar-refractivity contribution < 1.29 is 14.7 Å². The maximum atomic E-state index is 11.6. The van der Waals surface area contributed by atoms with Crippen LogP contribution in [-0.2, 0) is 4.79 Å². The lowest BCUT2D eigenvalue weighted by Crippen LogP contribution is -2.42. The highest BCUT2D eigenvalue weighted by atomic mass is 16.4. The van der Waals surface area contributed by atoms with Gasteiger partial charge >= 0.3 is 5.97 Å². The SMILES string of the molecule is N#Cc1cccc(C(=O)NC(N)CC(=O)O)c1. The summed E-state index contributed by atoms with van der Waals surface area (Å²) in [5.41, 5.74) is 6.03. The second-order valence-corrected chi connectivity index (χ2v) is 3.37. The van der Waals surface area contributed by atoms with E-state index in [0.29, 0.717) is 5.56 Å². The Balaban J connectivity index is 2.70. The van der Waals surface area contributed by atoms with E-state index < -0.39 is 18.0 Å². The van der Waals surface area contributed by atoms with Crippen molar-refractivity contribution in [3.63, 3.8) is 0 Å². The summed E-state index contributed by atoms with van der Waals surface area (Å²) in [5.74, 6) is -1.60. The Labute approximate surface area is 97.7 Å². The summed E-state index contributed by atoms with van der Waals surface area (Å²) < 4.78 is 0. The van der Waals surface area contributed by atoms with Crippen molar-refractivity contribution in [3.8, 4) is 6.07 Å². The van der Waals surface area contributed by atoms with Crippen LogP contribution in [0.15, 0.2) is 24.3 Å². The minimum Gasteiger partial charge on any atom is -0.481 e. The molecule has 1 aromatic rings. The lowest BCUT2D eigenvalue weighted by Gasteiger charge is -2.11. The number of benzene rings is 1. The van der Waals surface area contributed by atoms with Crippen LogP contribution < -0.4 is 11.1 Å². The molecule has 17 heavy (non-hydrogen) atoms. The summed E-state index contributed by atoms with van der Waals surface area (Å²) in [7, 11) is 0. The van der Waals surface area contributed by atoms with Crippen LogP contribution in [-0.4, -0.2) is 23.1 Å². The number of carbonyl (C=O) groups excluding carboxylic acids is 1. The van der Waals surface area contributed by atoms with Crippen LogP contribution >= 0.6 is 0 Å². The van der Waals surface area contributed by atoms with Gasteiger partial charge < -0.3 is 16.2 Å². The molecule has 1 amide bonds. The van der Waals surface area contributed by atoms with Gasteiger partial charge in [-0.25, -0.2) is 0 Å². The van der Waals surface area contributed by atoms with Gasteiger partial charge in [0.1, 0.15) is 0 Å². The zero-order chi connectivity index (χ0) is 12.8. The van der Waals surface area contributed by atoms with Crippen molar-refractivity contribution in [3.05, 3.63) is 35.4 Å². The molecule has 0 aromatic heterocycles. The van der Waals surface area contributed by atoms with Crippen molar-refractivity contribution in [1.82, 2.24) is 5.32 Å². The van der Waals surface area contributed by atoms with Crippen LogP contribution in [0, 0.1) is 11.3 Å². The van der Waals surface area contributed by atoms with Crippen LogP contribution in [0.1, 0.15) is 22.3 Å². The molecule has 0 saturated carbocycles. The summed E-state index contributed by atoms with van der Waals surface area (Å²) >= 11 is 0. The first-order valence-corrected chi connectivity index (χ1v) is 4.81. The predicted octanol–water partition coefficient (Wildman–Crippen LogP) is 0.0476. The molecule has 0 aliphatic carbocycles. The number of nitriles is 1. The fourth-order valence-electron chi connectivity index (χ4n) is 1.22. The normalized spacial score (nSPS) is 11.3. The van der Waals surface area contributed by atoms with E-state index in [1.165, 1.54) is 12.1 Å². The van der Waals surface area contributed by atoms with E-state index in [1.54, 1.807) is 12.1 Å². The molecule has 1 unspecified atom stereocenters. The second kappa shape index (κ2) is 5.63. The molecule has 88 valence electrons. The van der Waals surface area contributed by atoms with Crippen LogP contribution in [0.25, 0.3) is 0 Å². The number of amides is 1. The van der Waals surface area contributed by atoms with Crippen LogP contribution in [0.4, 0.5) is 0 Å². The minimum atomic E-state index is -1.09. The van der Waals surface area contributed by atoms with Crippen molar-refractivity contribution in [2.45, 2.75) is 12.6 Å². The molecule has 0 bridgehead atoms. The van der Waals surface area contributed by atoms with Crippen LogP contribution in [0.5, 0.6) is 0 Å². The number of rotatable bonds is 4. The Hall–Kier alpha value is -2.39.